The van der Waals surface area contributed by atoms with Gasteiger partial charge in [-0.3, -0.25) is 9.79 Å². The molecule has 130 valence electrons. The van der Waals surface area contributed by atoms with Crippen LogP contribution in [-0.4, -0.2) is 71.7 Å². The Morgan fingerprint density at radius 3 is 2.55 bits per heavy atom. The van der Waals surface area contributed by atoms with Crippen LogP contribution in [0.2, 0.25) is 0 Å². The molecule has 8 heteroatoms. The number of amides is 1. The number of aliphatic hydroxyl groups is 1. The summed E-state index contributed by atoms with van der Waals surface area (Å²) in [5.74, 6) is 2.29. The molecule has 6 nitrogen and oxygen atoms in total. The van der Waals surface area contributed by atoms with E-state index in [-0.39, 0.29) is 42.0 Å². The van der Waals surface area contributed by atoms with Crippen LogP contribution in [0.4, 0.5) is 0 Å². The van der Waals surface area contributed by atoms with Gasteiger partial charge in [-0.15, -0.1) is 24.0 Å². The molecular weight excluding hydrogens is 415 g/mol. The number of nitrogens with one attached hydrogen (secondary N) is 2. The van der Waals surface area contributed by atoms with Crippen molar-refractivity contribution in [3.8, 4) is 0 Å². The van der Waals surface area contributed by atoms with E-state index in [1.165, 1.54) is 0 Å². The molecule has 0 bridgehead atoms. The lowest BCUT2D eigenvalue weighted by molar-refractivity contribution is -0.122. The zero-order chi connectivity index (χ0) is 16.1. The molecule has 1 amide bonds. The first-order valence-electron chi connectivity index (χ1n) is 7.18. The maximum absolute atomic E-state index is 11.9. The molecule has 1 heterocycles. The number of hydrogen-bond donors (Lipinski definition) is 3. The zero-order valence-electron chi connectivity index (χ0n) is 14.1. The fourth-order valence-corrected chi connectivity index (χ4v) is 3.41. The highest BCUT2D eigenvalue weighted by Gasteiger charge is 2.32. The van der Waals surface area contributed by atoms with Crippen LogP contribution in [0.5, 0.6) is 0 Å². The van der Waals surface area contributed by atoms with E-state index in [9.17, 15) is 9.90 Å². The van der Waals surface area contributed by atoms with Gasteiger partial charge >= 0.3 is 0 Å². The molecule has 1 atom stereocenters. The summed E-state index contributed by atoms with van der Waals surface area (Å²) in [6, 6.07) is 0. The van der Waals surface area contributed by atoms with Gasteiger partial charge in [-0.05, 0) is 32.9 Å². The molecule has 22 heavy (non-hydrogen) atoms. The normalized spacial score (nSPS) is 22.0. The quantitative estimate of drug-likeness (QED) is 0.341. The van der Waals surface area contributed by atoms with E-state index in [2.05, 4.69) is 15.6 Å². The number of guanidine groups is 1. The number of carbonyl (C=O) groups excluding carboxylic acids is 1. The molecule has 0 spiro atoms. The average molecular weight is 444 g/mol. The summed E-state index contributed by atoms with van der Waals surface area (Å²) in [6.45, 7) is 6.53. The molecule has 0 aromatic rings. The SMILES string of the molecule is CN=C(NCC1(O)CCSC1)N(C)CC(=O)NC(C)(C)C.I. The third-order valence-electron chi connectivity index (χ3n) is 3.13. The molecule has 1 rings (SSSR count). The second-order valence-corrected chi connectivity index (χ2v) is 7.69. The van der Waals surface area contributed by atoms with Gasteiger partial charge in [0.2, 0.25) is 5.91 Å². The maximum atomic E-state index is 11.9. The molecule has 0 aliphatic carbocycles. The van der Waals surface area contributed by atoms with Gasteiger partial charge in [-0.1, -0.05) is 0 Å². The molecule has 0 aromatic carbocycles. The molecule has 1 saturated heterocycles. The van der Waals surface area contributed by atoms with Gasteiger partial charge in [0, 0.05) is 31.9 Å². The van der Waals surface area contributed by atoms with Crippen molar-refractivity contribution in [2.45, 2.75) is 38.3 Å². The molecule has 1 fully saturated rings. The summed E-state index contributed by atoms with van der Waals surface area (Å²) in [6.07, 6.45) is 0.788. The molecular formula is C14H29IN4O2S. The van der Waals surface area contributed by atoms with E-state index in [0.29, 0.717) is 12.5 Å². The van der Waals surface area contributed by atoms with E-state index in [1.807, 2.05) is 27.8 Å². The minimum atomic E-state index is -0.672. The van der Waals surface area contributed by atoms with Crippen molar-refractivity contribution in [1.82, 2.24) is 15.5 Å². The van der Waals surface area contributed by atoms with Crippen LogP contribution in [0.3, 0.4) is 0 Å². The lowest BCUT2D eigenvalue weighted by atomic mass is 10.0. The monoisotopic (exact) mass is 444 g/mol. The highest BCUT2D eigenvalue weighted by Crippen LogP contribution is 2.26. The van der Waals surface area contributed by atoms with Gasteiger partial charge in [0.15, 0.2) is 5.96 Å². The second-order valence-electron chi connectivity index (χ2n) is 6.58. The second kappa shape index (κ2) is 9.17. The predicted octanol–water partition coefficient (Wildman–Crippen LogP) is 0.894. The van der Waals surface area contributed by atoms with Crippen molar-refractivity contribution < 1.29 is 9.90 Å². The third-order valence-corrected chi connectivity index (χ3v) is 4.36. The van der Waals surface area contributed by atoms with Gasteiger partial charge in [-0.2, -0.15) is 11.8 Å². The predicted molar refractivity (Wildman–Crippen MR) is 104 cm³/mol. The Kier molecular flexibility index (Phi) is 9.08. The van der Waals surface area contributed by atoms with Gasteiger partial charge in [0.25, 0.3) is 0 Å². The summed E-state index contributed by atoms with van der Waals surface area (Å²) in [5, 5.41) is 16.4. The molecule has 1 aliphatic heterocycles. The Morgan fingerprint density at radius 1 is 1.45 bits per heavy atom. The number of aliphatic imine (C=N–C) groups is 1. The van der Waals surface area contributed by atoms with Crippen molar-refractivity contribution in [2.75, 3.05) is 38.7 Å². The summed E-state index contributed by atoms with van der Waals surface area (Å²) in [4.78, 5) is 17.8. The summed E-state index contributed by atoms with van der Waals surface area (Å²) in [5.41, 5.74) is -0.916. The van der Waals surface area contributed by atoms with Crippen molar-refractivity contribution in [3.05, 3.63) is 0 Å². The Balaban J connectivity index is 0.00000441. The molecule has 3 N–H and O–H groups in total. The van der Waals surface area contributed by atoms with E-state index >= 15 is 0 Å². The van der Waals surface area contributed by atoms with Crippen LogP contribution in [0.15, 0.2) is 4.99 Å². The molecule has 0 radical (unpaired) electrons. The third kappa shape index (κ3) is 7.87. The Labute approximate surface area is 154 Å². The standard InChI is InChI=1S/C14H28N4O2S.HI/c1-13(2,3)17-11(19)8-18(5)12(15-4)16-9-14(20)6-7-21-10-14;/h20H,6-10H2,1-5H3,(H,15,16)(H,17,19);1H. The van der Waals surface area contributed by atoms with Gasteiger partial charge in [0.05, 0.1) is 12.1 Å². The maximum Gasteiger partial charge on any atom is 0.240 e. The van der Waals surface area contributed by atoms with E-state index in [0.717, 1.165) is 17.9 Å². The highest BCUT2D eigenvalue weighted by atomic mass is 127. The number of carbonyl (C=O) groups is 1. The van der Waals surface area contributed by atoms with E-state index in [4.69, 9.17) is 0 Å². The summed E-state index contributed by atoms with van der Waals surface area (Å²) >= 11 is 1.76. The van der Waals surface area contributed by atoms with Crippen molar-refractivity contribution in [1.29, 1.82) is 0 Å². The molecule has 0 saturated carbocycles. The summed E-state index contributed by atoms with van der Waals surface area (Å²) in [7, 11) is 3.49. The molecule has 0 aromatic heterocycles. The number of nitrogens with zero attached hydrogens (tertiary/aromatic N) is 2. The van der Waals surface area contributed by atoms with Gasteiger partial charge in [0.1, 0.15) is 0 Å². The lowest BCUT2D eigenvalue weighted by Gasteiger charge is -2.28. The first-order chi connectivity index (χ1) is 9.65. The van der Waals surface area contributed by atoms with Crippen molar-refractivity contribution in [2.24, 2.45) is 4.99 Å². The van der Waals surface area contributed by atoms with E-state index in [1.54, 1.807) is 23.7 Å². The Hall–Kier alpha value is -0.220. The van der Waals surface area contributed by atoms with Crippen LogP contribution in [0.1, 0.15) is 27.2 Å². The van der Waals surface area contributed by atoms with Crippen molar-refractivity contribution in [3.63, 3.8) is 0 Å². The number of thioether (sulfide) groups is 1. The number of likely N-dealkylation sites (N-methyl/N-ethyl adjacent to an activating group) is 1. The minimum absolute atomic E-state index is 0. The fourth-order valence-electron chi connectivity index (χ4n) is 2.11. The molecule has 1 aliphatic rings. The van der Waals surface area contributed by atoms with E-state index < -0.39 is 5.60 Å². The summed E-state index contributed by atoms with van der Waals surface area (Å²) < 4.78 is 0. The van der Waals surface area contributed by atoms with Gasteiger partial charge < -0.3 is 20.6 Å². The first kappa shape index (κ1) is 21.8. The van der Waals surface area contributed by atoms with Crippen molar-refractivity contribution >= 4 is 47.6 Å². The lowest BCUT2D eigenvalue weighted by Crippen LogP contribution is -2.51. The minimum Gasteiger partial charge on any atom is -0.387 e. The van der Waals surface area contributed by atoms with Crippen LogP contribution in [-0.2, 0) is 4.79 Å². The van der Waals surface area contributed by atoms with Crippen LogP contribution in [0.25, 0.3) is 0 Å². The highest BCUT2D eigenvalue weighted by molar-refractivity contribution is 14.0. The Bertz CT molecular complexity index is 393. The van der Waals surface area contributed by atoms with Crippen LogP contribution < -0.4 is 10.6 Å². The topological polar surface area (TPSA) is 77.0 Å². The largest absolute Gasteiger partial charge is 0.387 e. The average Bonchev–Trinajstić information content (AvgIpc) is 2.74. The number of hydrogen-bond acceptors (Lipinski definition) is 4. The number of halogens is 1. The van der Waals surface area contributed by atoms with Gasteiger partial charge in [-0.25, -0.2) is 0 Å². The van der Waals surface area contributed by atoms with Crippen LogP contribution >= 0.6 is 35.7 Å². The Morgan fingerprint density at radius 2 is 2.09 bits per heavy atom. The molecule has 1 unspecified atom stereocenters. The fraction of sp³-hybridized carbons (Fsp3) is 0.857. The smallest absolute Gasteiger partial charge is 0.240 e. The number of rotatable bonds is 4. The zero-order valence-corrected chi connectivity index (χ0v) is 17.2. The first-order valence-corrected chi connectivity index (χ1v) is 8.34. The van der Waals surface area contributed by atoms with Crippen LogP contribution in [0, 0.1) is 0 Å².